The van der Waals surface area contributed by atoms with Crippen LogP contribution in [0.25, 0.3) is 0 Å². The zero-order valence-corrected chi connectivity index (χ0v) is 14.7. The Morgan fingerprint density at radius 1 is 1.05 bits per heavy atom. The summed E-state index contributed by atoms with van der Waals surface area (Å²) < 4.78 is 0. The number of hydrogen-bond donors (Lipinski definition) is 1. The van der Waals surface area contributed by atoms with Crippen LogP contribution in [0, 0.1) is 5.92 Å². The summed E-state index contributed by atoms with van der Waals surface area (Å²) in [5, 5.41) is 3.92. The molecule has 1 saturated carbocycles. The lowest BCUT2D eigenvalue weighted by Crippen LogP contribution is -2.60. The molecule has 0 heterocycles. The molecule has 0 aromatic rings. The van der Waals surface area contributed by atoms with E-state index in [9.17, 15) is 0 Å². The van der Waals surface area contributed by atoms with Gasteiger partial charge in [0.2, 0.25) is 0 Å². The molecule has 2 nitrogen and oxygen atoms in total. The van der Waals surface area contributed by atoms with E-state index < -0.39 is 0 Å². The van der Waals surface area contributed by atoms with E-state index >= 15 is 0 Å². The molecule has 0 spiro atoms. The van der Waals surface area contributed by atoms with Gasteiger partial charge in [0.15, 0.2) is 0 Å². The second-order valence-corrected chi connectivity index (χ2v) is 6.74. The molecule has 0 bridgehead atoms. The van der Waals surface area contributed by atoms with Crippen LogP contribution in [0.5, 0.6) is 0 Å². The molecule has 120 valence electrons. The van der Waals surface area contributed by atoms with Crippen molar-refractivity contribution in [3.8, 4) is 0 Å². The summed E-state index contributed by atoms with van der Waals surface area (Å²) in [6, 6.07) is 0.680. The molecule has 1 aliphatic rings. The zero-order chi connectivity index (χ0) is 15.0. The van der Waals surface area contributed by atoms with Gasteiger partial charge in [0.25, 0.3) is 0 Å². The van der Waals surface area contributed by atoms with Gasteiger partial charge in [0, 0.05) is 11.6 Å². The molecule has 0 aliphatic heterocycles. The fraction of sp³-hybridized carbons (Fsp3) is 1.00. The predicted molar refractivity (Wildman–Crippen MR) is 90.3 cm³/mol. The molecule has 1 N–H and O–H groups in total. The van der Waals surface area contributed by atoms with Gasteiger partial charge in [-0.3, -0.25) is 4.90 Å². The lowest BCUT2D eigenvalue weighted by molar-refractivity contribution is 0.0537. The second-order valence-electron chi connectivity index (χ2n) is 6.74. The van der Waals surface area contributed by atoms with E-state index in [0.717, 1.165) is 5.92 Å². The van der Waals surface area contributed by atoms with Crippen molar-refractivity contribution in [2.75, 3.05) is 19.6 Å². The first-order valence-corrected chi connectivity index (χ1v) is 9.12. The van der Waals surface area contributed by atoms with Crippen LogP contribution in [-0.2, 0) is 0 Å². The Morgan fingerprint density at radius 2 is 1.65 bits per heavy atom. The highest BCUT2D eigenvalue weighted by Crippen LogP contribution is 2.40. The smallest absolute Gasteiger partial charge is 0.0362 e. The largest absolute Gasteiger partial charge is 0.312 e. The van der Waals surface area contributed by atoms with Crippen LogP contribution in [0.2, 0.25) is 0 Å². The fourth-order valence-electron chi connectivity index (χ4n) is 4.11. The van der Waals surface area contributed by atoms with Crippen molar-refractivity contribution in [3.63, 3.8) is 0 Å². The van der Waals surface area contributed by atoms with Gasteiger partial charge in [0.1, 0.15) is 0 Å². The van der Waals surface area contributed by atoms with Gasteiger partial charge < -0.3 is 5.32 Å². The van der Waals surface area contributed by atoms with E-state index in [1.807, 2.05) is 0 Å². The normalized spacial score (nSPS) is 21.3. The number of nitrogens with one attached hydrogen (secondary N) is 1. The molecular weight excluding hydrogens is 244 g/mol. The third-order valence-electron chi connectivity index (χ3n) is 5.49. The lowest BCUT2D eigenvalue weighted by Gasteiger charge is -2.47. The maximum Gasteiger partial charge on any atom is 0.0362 e. The van der Waals surface area contributed by atoms with Crippen LogP contribution >= 0.6 is 0 Å². The number of hydrogen-bond acceptors (Lipinski definition) is 2. The maximum atomic E-state index is 3.92. The zero-order valence-electron chi connectivity index (χ0n) is 14.7. The first-order chi connectivity index (χ1) is 9.64. The van der Waals surface area contributed by atoms with E-state index in [4.69, 9.17) is 0 Å². The van der Waals surface area contributed by atoms with E-state index in [1.54, 1.807) is 0 Å². The molecular formula is C18H38N2. The molecule has 2 heteroatoms. The Kier molecular flexibility index (Phi) is 8.13. The van der Waals surface area contributed by atoms with Gasteiger partial charge in [0.05, 0.1) is 0 Å². The Morgan fingerprint density at radius 3 is 2.10 bits per heavy atom. The first-order valence-electron chi connectivity index (χ1n) is 9.12. The summed E-state index contributed by atoms with van der Waals surface area (Å²) in [4.78, 5) is 2.76. The third-order valence-corrected chi connectivity index (χ3v) is 5.49. The maximum absolute atomic E-state index is 3.92. The monoisotopic (exact) mass is 282 g/mol. The van der Waals surface area contributed by atoms with E-state index in [2.05, 4.69) is 44.8 Å². The van der Waals surface area contributed by atoms with Gasteiger partial charge >= 0.3 is 0 Å². The molecule has 0 aromatic carbocycles. The fourth-order valence-corrected chi connectivity index (χ4v) is 4.11. The van der Waals surface area contributed by atoms with Crippen LogP contribution < -0.4 is 5.32 Å². The molecule has 20 heavy (non-hydrogen) atoms. The van der Waals surface area contributed by atoms with Gasteiger partial charge in [-0.25, -0.2) is 0 Å². The van der Waals surface area contributed by atoms with Crippen LogP contribution in [0.4, 0.5) is 0 Å². The second kappa shape index (κ2) is 9.04. The van der Waals surface area contributed by atoms with Gasteiger partial charge in [-0.15, -0.1) is 0 Å². The van der Waals surface area contributed by atoms with Crippen molar-refractivity contribution in [2.45, 2.75) is 91.1 Å². The quantitative estimate of drug-likeness (QED) is 0.637. The molecule has 0 aromatic heterocycles. The number of nitrogens with zero attached hydrogens (tertiary/aromatic N) is 1. The highest BCUT2D eigenvalue weighted by Gasteiger charge is 2.44. The highest BCUT2D eigenvalue weighted by molar-refractivity contribution is 5.03. The minimum Gasteiger partial charge on any atom is -0.312 e. The van der Waals surface area contributed by atoms with Crippen molar-refractivity contribution in [1.82, 2.24) is 10.2 Å². The van der Waals surface area contributed by atoms with Crippen molar-refractivity contribution in [1.29, 1.82) is 0 Å². The Hall–Kier alpha value is -0.0800. The average Bonchev–Trinajstić information content (AvgIpc) is 2.95. The predicted octanol–water partition coefficient (Wildman–Crippen LogP) is 4.45. The van der Waals surface area contributed by atoms with Crippen LogP contribution in [0.15, 0.2) is 0 Å². The van der Waals surface area contributed by atoms with Gasteiger partial charge in [-0.1, -0.05) is 53.9 Å². The SMILES string of the molecule is CCCNC(CC(C)CC)C1(N(CC)CC)CCCC1. The van der Waals surface area contributed by atoms with E-state index in [1.165, 1.54) is 64.6 Å². The first kappa shape index (κ1) is 18.0. The van der Waals surface area contributed by atoms with Crippen molar-refractivity contribution < 1.29 is 0 Å². The minimum absolute atomic E-state index is 0.433. The molecule has 1 fully saturated rings. The molecule has 0 radical (unpaired) electrons. The van der Waals surface area contributed by atoms with E-state index in [0.29, 0.717) is 11.6 Å². The van der Waals surface area contributed by atoms with Crippen molar-refractivity contribution >= 4 is 0 Å². The summed E-state index contributed by atoms with van der Waals surface area (Å²) in [6.45, 7) is 15.3. The molecule has 0 amide bonds. The van der Waals surface area contributed by atoms with Crippen molar-refractivity contribution in [2.24, 2.45) is 5.92 Å². The summed E-state index contributed by atoms with van der Waals surface area (Å²) in [7, 11) is 0. The minimum atomic E-state index is 0.433. The standard InChI is InChI=1S/C18H38N2/c1-6-14-19-17(15-16(5)7-2)18(12-10-11-13-18)20(8-3)9-4/h16-17,19H,6-15H2,1-5H3. The molecule has 1 rings (SSSR count). The van der Waals surface area contributed by atoms with Crippen LogP contribution in [-0.4, -0.2) is 36.1 Å². The van der Waals surface area contributed by atoms with Gasteiger partial charge in [-0.2, -0.15) is 0 Å². The lowest BCUT2D eigenvalue weighted by atomic mass is 9.80. The third kappa shape index (κ3) is 4.21. The van der Waals surface area contributed by atoms with Gasteiger partial charge in [-0.05, 0) is 51.2 Å². The molecule has 0 saturated heterocycles. The highest BCUT2D eigenvalue weighted by atomic mass is 15.2. The summed E-state index contributed by atoms with van der Waals surface area (Å²) in [6.07, 6.45) is 9.51. The molecule has 2 unspecified atom stereocenters. The topological polar surface area (TPSA) is 15.3 Å². The average molecular weight is 283 g/mol. The Labute approximate surface area is 127 Å². The number of likely N-dealkylation sites (N-methyl/N-ethyl adjacent to an activating group) is 1. The van der Waals surface area contributed by atoms with Crippen LogP contribution in [0.1, 0.15) is 79.6 Å². The Balaban J connectivity index is 2.90. The van der Waals surface area contributed by atoms with E-state index in [-0.39, 0.29) is 0 Å². The Bertz CT molecular complexity index is 242. The van der Waals surface area contributed by atoms with Crippen LogP contribution in [0.3, 0.4) is 0 Å². The van der Waals surface area contributed by atoms with Crippen molar-refractivity contribution in [3.05, 3.63) is 0 Å². The summed E-state index contributed by atoms with van der Waals surface area (Å²) >= 11 is 0. The summed E-state index contributed by atoms with van der Waals surface area (Å²) in [5.74, 6) is 0.831. The number of rotatable bonds is 10. The molecule has 1 aliphatic carbocycles. The molecule has 2 atom stereocenters. The summed E-state index contributed by atoms with van der Waals surface area (Å²) in [5.41, 5.74) is 0.433.